The molecule has 1 heterocycles. The fourth-order valence-corrected chi connectivity index (χ4v) is 3.17. The number of allylic oxidation sites excluding steroid dienone is 3. The Morgan fingerprint density at radius 3 is 2.26 bits per heavy atom. The summed E-state index contributed by atoms with van der Waals surface area (Å²) in [5, 5.41) is 19.0. The molecular formula is C27H33N5O2. The first-order chi connectivity index (χ1) is 16.5. The van der Waals surface area contributed by atoms with E-state index in [-0.39, 0.29) is 12.3 Å². The molecule has 34 heavy (non-hydrogen) atoms. The lowest BCUT2D eigenvalue weighted by Crippen LogP contribution is -2.20. The summed E-state index contributed by atoms with van der Waals surface area (Å²) < 4.78 is 1.78. The topological polar surface area (TPSA) is 119 Å². The van der Waals surface area contributed by atoms with Crippen LogP contribution in [-0.4, -0.2) is 20.8 Å². The van der Waals surface area contributed by atoms with Gasteiger partial charge in [0, 0.05) is 11.6 Å². The third-order valence-corrected chi connectivity index (χ3v) is 4.84. The molecule has 7 nitrogen and oxygen atoms in total. The molecule has 1 amide bonds. The SMILES string of the molecule is CC.C\C=C(N)/C(=C\C=C\C(N)=O)NCc1c(O)c(-c2ccccc2)nn1Cc1ccccc1. The number of primary amides is 1. The van der Waals surface area contributed by atoms with Gasteiger partial charge in [-0.05, 0) is 18.6 Å². The van der Waals surface area contributed by atoms with E-state index in [0.717, 1.165) is 11.1 Å². The Bertz CT molecular complexity index is 1150. The molecule has 0 aliphatic rings. The number of nitrogens with one attached hydrogen (secondary N) is 1. The van der Waals surface area contributed by atoms with Crippen LogP contribution in [0, 0.1) is 0 Å². The van der Waals surface area contributed by atoms with Crippen LogP contribution in [-0.2, 0) is 17.9 Å². The van der Waals surface area contributed by atoms with Crippen molar-refractivity contribution in [3.8, 4) is 17.0 Å². The molecule has 0 atom stereocenters. The molecule has 2 aromatic carbocycles. The van der Waals surface area contributed by atoms with Gasteiger partial charge in [-0.2, -0.15) is 5.10 Å². The number of rotatable bonds is 9. The van der Waals surface area contributed by atoms with E-state index in [1.54, 1.807) is 16.8 Å². The number of benzene rings is 2. The number of hydrogen-bond acceptors (Lipinski definition) is 5. The summed E-state index contributed by atoms with van der Waals surface area (Å²) in [5.74, 6) is -0.448. The molecule has 6 N–H and O–H groups in total. The highest BCUT2D eigenvalue weighted by molar-refractivity contribution is 5.86. The van der Waals surface area contributed by atoms with Crippen molar-refractivity contribution in [2.45, 2.75) is 33.9 Å². The molecule has 3 rings (SSSR count). The highest BCUT2D eigenvalue weighted by Gasteiger charge is 2.19. The van der Waals surface area contributed by atoms with E-state index in [1.165, 1.54) is 12.2 Å². The first-order valence-electron chi connectivity index (χ1n) is 11.2. The molecule has 0 unspecified atom stereocenters. The third-order valence-electron chi connectivity index (χ3n) is 4.84. The van der Waals surface area contributed by atoms with Gasteiger partial charge in [0.25, 0.3) is 0 Å². The smallest absolute Gasteiger partial charge is 0.241 e. The average molecular weight is 460 g/mol. The van der Waals surface area contributed by atoms with Gasteiger partial charge in [-0.25, -0.2) is 0 Å². The van der Waals surface area contributed by atoms with Crippen molar-refractivity contribution in [1.29, 1.82) is 0 Å². The van der Waals surface area contributed by atoms with Gasteiger partial charge in [-0.3, -0.25) is 9.48 Å². The van der Waals surface area contributed by atoms with Crippen molar-refractivity contribution in [1.82, 2.24) is 15.1 Å². The molecule has 0 aliphatic heterocycles. The lowest BCUT2D eigenvalue weighted by atomic mass is 10.1. The van der Waals surface area contributed by atoms with Crippen LogP contribution in [0.4, 0.5) is 0 Å². The number of aromatic nitrogens is 2. The highest BCUT2D eigenvalue weighted by atomic mass is 16.3. The maximum absolute atomic E-state index is 11.0. The minimum atomic E-state index is -0.550. The summed E-state index contributed by atoms with van der Waals surface area (Å²) in [6.45, 7) is 6.58. The second kappa shape index (κ2) is 13.3. The van der Waals surface area contributed by atoms with Crippen LogP contribution in [0.25, 0.3) is 11.3 Å². The summed E-state index contributed by atoms with van der Waals surface area (Å²) in [6.07, 6.45) is 6.17. The van der Waals surface area contributed by atoms with E-state index in [2.05, 4.69) is 10.4 Å². The molecular weight excluding hydrogens is 426 g/mol. The summed E-state index contributed by atoms with van der Waals surface area (Å²) in [4.78, 5) is 11.0. The molecule has 0 fully saturated rings. The average Bonchev–Trinajstić information content (AvgIpc) is 3.17. The standard InChI is InChI=1S/C25H27N5O2.C2H6/c1-2-20(26)21(14-9-15-23(27)31)28-16-22-25(32)24(19-12-7-4-8-13-19)29-30(22)17-18-10-5-3-6-11-18;1-2/h2-15,28,32H,16-17,26H2,1H3,(H2,27,31);1-2H3/b15-9+,20-2+,21-14+;. The number of carbonyl (C=O) groups is 1. The molecule has 178 valence electrons. The fraction of sp³-hybridized carbons (Fsp3) is 0.185. The lowest BCUT2D eigenvalue weighted by Gasteiger charge is -2.13. The Morgan fingerprint density at radius 2 is 1.68 bits per heavy atom. The first-order valence-corrected chi connectivity index (χ1v) is 11.2. The van der Waals surface area contributed by atoms with Gasteiger partial charge in [-0.1, -0.05) is 86.7 Å². The minimum absolute atomic E-state index is 0.103. The summed E-state index contributed by atoms with van der Waals surface area (Å²) in [6, 6.07) is 19.4. The lowest BCUT2D eigenvalue weighted by molar-refractivity contribution is -0.113. The van der Waals surface area contributed by atoms with Crippen molar-refractivity contribution >= 4 is 5.91 Å². The number of nitrogens with zero attached hydrogens (tertiary/aromatic N) is 2. The van der Waals surface area contributed by atoms with Crippen molar-refractivity contribution in [2.75, 3.05) is 0 Å². The molecule has 0 bridgehead atoms. The van der Waals surface area contributed by atoms with Gasteiger partial charge in [0.2, 0.25) is 5.91 Å². The van der Waals surface area contributed by atoms with Crippen LogP contribution >= 0.6 is 0 Å². The van der Waals surface area contributed by atoms with E-state index >= 15 is 0 Å². The monoisotopic (exact) mass is 459 g/mol. The van der Waals surface area contributed by atoms with Gasteiger partial charge in [0.15, 0.2) is 5.75 Å². The van der Waals surface area contributed by atoms with E-state index in [9.17, 15) is 9.90 Å². The molecule has 1 aromatic heterocycles. The third kappa shape index (κ3) is 7.13. The number of carbonyl (C=O) groups excluding carboxylic acids is 1. The van der Waals surface area contributed by atoms with Crippen molar-refractivity contribution in [3.63, 3.8) is 0 Å². The van der Waals surface area contributed by atoms with E-state index in [1.807, 2.05) is 81.4 Å². The number of aromatic hydroxyl groups is 1. The first kappa shape index (κ1) is 26.0. The zero-order chi connectivity index (χ0) is 24.9. The number of hydrogen-bond donors (Lipinski definition) is 4. The molecule has 3 aromatic rings. The van der Waals surface area contributed by atoms with Crippen LogP contribution in [0.5, 0.6) is 5.75 Å². The van der Waals surface area contributed by atoms with Gasteiger partial charge >= 0.3 is 0 Å². The summed E-state index contributed by atoms with van der Waals surface area (Å²) in [7, 11) is 0. The normalized spacial score (nSPS) is 11.7. The van der Waals surface area contributed by atoms with E-state index in [0.29, 0.717) is 29.3 Å². The zero-order valence-electron chi connectivity index (χ0n) is 19.9. The predicted octanol–water partition coefficient (Wildman–Crippen LogP) is 4.21. The summed E-state index contributed by atoms with van der Waals surface area (Å²) >= 11 is 0. The Morgan fingerprint density at radius 1 is 1.06 bits per heavy atom. The van der Waals surface area contributed by atoms with E-state index in [4.69, 9.17) is 11.5 Å². The molecule has 0 spiro atoms. The van der Waals surface area contributed by atoms with Gasteiger partial charge < -0.3 is 21.9 Å². The Kier molecular flexibility index (Phi) is 10.2. The number of amides is 1. The van der Waals surface area contributed by atoms with Gasteiger partial charge in [-0.15, -0.1) is 0 Å². The maximum atomic E-state index is 11.0. The zero-order valence-corrected chi connectivity index (χ0v) is 19.9. The maximum Gasteiger partial charge on any atom is 0.241 e. The second-order valence-corrected chi connectivity index (χ2v) is 7.09. The largest absolute Gasteiger partial charge is 0.504 e. The fourth-order valence-electron chi connectivity index (χ4n) is 3.17. The molecule has 0 radical (unpaired) electrons. The number of nitrogens with two attached hydrogens (primary N) is 2. The Hall–Kier alpha value is -4.26. The van der Waals surface area contributed by atoms with Crippen LogP contribution in [0.15, 0.2) is 96.4 Å². The van der Waals surface area contributed by atoms with Crippen LogP contribution in [0.3, 0.4) is 0 Å². The van der Waals surface area contributed by atoms with Gasteiger partial charge in [0.05, 0.1) is 24.5 Å². The Balaban J connectivity index is 0.00000199. The Labute approximate surface area is 201 Å². The minimum Gasteiger partial charge on any atom is -0.504 e. The quantitative estimate of drug-likeness (QED) is 0.282. The van der Waals surface area contributed by atoms with Crippen LogP contribution in [0.1, 0.15) is 32.0 Å². The summed E-state index contributed by atoms with van der Waals surface area (Å²) in [5.41, 5.74) is 15.3. The van der Waals surface area contributed by atoms with Crippen molar-refractivity contribution in [3.05, 3.63) is 108 Å². The van der Waals surface area contributed by atoms with Crippen LogP contribution < -0.4 is 16.8 Å². The molecule has 7 heteroatoms. The second-order valence-electron chi connectivity index (χ2n) is 7.09. The van der Waals surface area contributed by atoms with Crippen molar-refractivity contribution in [2.24, 2.45) is 11.5 Å². The van der Waals surface area contributed by atoms with E-state index < -0.39 is 5.91 Å². The van der Waals surface area contributed by atoms with Gasteiger partial charge in [0.1, 0.15) is 11.4 Å². The van der Waals surface area contributed by atoms with Crippen LogP contribution in [0.2, 0.25) is 0 Å². The van der Waals surface area contributed by atoms with Crippen molar-refractivity contribution < 1.29 is 9.90 Å². The molecule has 0 saturated heterocycles. The molecule has 0 saturated carbocycles. The highest BCUT2D eigenvalue weighted by Crippen LogP contribution is 2.32. The molecule has 0 aliphatic carbocycles. The predicted molar refractivity (Wildman–Crippen MR) is 137 cm³/mol.